The number of hydrogen-bond acceptors (Lipinski definition) is 5. The zero-order valence-corrected chi connectivity index (χ0v) is 8.01. The molecule has 78 valence electrons. The van der Waals surface area contributed by atoms with Crippen LogP contribution in [0.3, 0.4) is 0 Å². The maximum Gasteiger partial charge on any atom is 0.269 e. The molecule has 15 heavy (non-hydrogen) atoms. The van der Waals surface area contributed by atoms with Crippen LogP contribution in [0.2, 0.25) is 0 Å². The molecule has 0 spiro atoms. The fraction of sp³-hybridized carbons (Fsp3) is 0. The molecule has 6 nitrogen and oxygen atoms in total. The van der Waals surface area contributed by atoms with E-state index in [9.17, 15) is 14.9 Å². The van der Waals surface area contributed by atoms with Gasteiger partial charge in [0.1, 0.15) is 0 Å². The van der Waals surface area contributed by atoms with Gasteiger partial charge in [-0.2, -0.15) is 0 Å². The summed E-state index contributed by atoms with van der Waals surface area (Å²) in [6, 6.07) is 4.78. The van der Waals surface area contributed by atoms with Crippen LogP contribution in [0.25, 0.3) is 0 Å². The van der Waals surface area contributed by atoms with Gasteiger partial charge in [0, 0.05) is 17.7 Å². The molecule has 0 saturated heterocycles. The van der Waals surface area contributed by atoms with Crippen molar-refractivity contribution in [2.45, 2.75) is 0 Å². The number of carbonyl (C=O) groups excluding carboxylic acids is 1. The maximum atomic E-state index is 11.3. The molecule has 0 aromatic heterocycles. The van der Waals surface area contributed by atoms with E-state index in [-0.39, 0.29) is 11.3 Å². The summed E-state index contributed by atoms with van der Waals surface area (Å²) >= 11 is 5.27. The summed E-state index contributed by atoms with van der Waals surface area (Å²) in [6.45, 7) is 0. The largest absolute Gasteiger partial charge is 0.410 e. The Balaban J connectivity index is 2.99. The number of carbonyl (C=O) groups is 1. The van der Waals surface area contributed by atoms with Gasteiger partial charge in [-0.15, -0.1) is 0 Å². The second-order valence-electron chi connectivity index (χ2n) is 2.52. The predicted molar refractivity (Wildman–Crippen MR) is 52.5 cm³/mol. The Bertz CT molecular complexity index is 427. The van der Waals surface area contributed by atoms with Crippen molar-refractivity contribution < 1.29 is 14.9 Å². The smallest absolute Gasteiger partial charge is 0.269 e. The van der Waals surface area contributed by atoms with E-state index in [0.29, 0.717) is 0 Å². The molecule has 0 saturated carbocycles. The Labute approximate surface area is 88.9 Å². The Hall–Kier alpha value is -1.95. The molecule has 1 N–H and O–H groups in total. The first-order valence-electron chi connectivity index (χ1n) is 3.73. The van der Waals surface area contributed by atoms with Crippen LogP contribution < -0.4 is 0 Å². The van der Waals surface area contributed by atoms with Crippen LogP contribution >= 0.6 is 11.6 Å². The molecular weight excluding hydrogens is 224 g/mol. The quantitative estimate of drug-likeness (QED) is 0.281. The number of ketones is 1. The zero-order chi connectivity index (χ0) is 11.4. The van der Waals surface area contributed by atoms with E-state index in [4.69, 9.17) is 16.8 Å². The van der Waals surface area contributed by atoms with Gasteiger partial charge in [0.2, 0.25) is 11.0 Å². The second kappa shape index (κ2) is 4.52. The highest BCUT2D eigenvalue weighted by atomic mass is 35.5. The average Bonchev–Trinajstić information content (AvgIpc) is 2.27. The minimum Gasteiger partial charge on any atom is -0.410 e. The van der Waals surface area contributed by atoms with E-state index in [1.54, 1.807) is 0 Å². The highest BCUT2D eigenvalue weighted by Crippen LogP contribution is 2.13. The van der Waals surface area contributed by atoms with Gasteiger partial charge in [0.25, 0.3) is 5.69 Å². The standard InChI is InChI=1S/C8H5ClN2O4/c9-8(10-13)7(12)5-1-3-6(4-2-5)11(14)15/h1-4,13H/b10-8-. The molecule has 0 aliphatic rings. The van der Waals surface area contributed by atoms with E-state index in [1.165, 1.54) is 12.1 Å². The first kappa shape index (κ1) is 11.1. The summed E-state index contributed by atoms with van der Waals surface area (Å²) in [7, 11) is 0. The van der Waals surface area contributed by atoms with E-state index in [1.807, 2.05) is 0 Å². The van der Waals surface area contributed by atoms with Crippen LogP contribution in [0, 0.1) is 10.1 Å². The molecule has 0 unspecified atom stereocenters. The minimum atomic E-state index is -0.700. The second-order valence-corrected chi connectivity index (χ2v) is 2.88. The molecule has 0 heterocycles. The first-order chi connectivity index (χ1) is 7.06. The third-order valence-electron chi connectivity index (χ3n) is 1.62. The molecule has 0 fully saturated rings. The Morgan fingerprint density at radius 2 is 1.93 bits per heavy atom. The molecule has 1 rings (SSSR count). The molecule has 0 aliphatic heterocycles. The van der Waals surface area contributed by atoms with Crippen molar-refractivity contribution in [2.75, 3.05) is 0 Å². The third kappa shape index (κ3) is 2.50. The lowest BCUT2D eigenvalue weighted by Crippen LogP contribution is -2.07. The Morgan fingerprint density at radius 1 is 1.40 bits per heavy atom. The van der Waals surface area contributed by atoms with Crippen LogP contribution in [0.5, 0.6) is 0 Å². The van der Waals surface area contributed by atoms with Gasteiger partial charge in [-0.1, -0.05) is 16.8 Å². The van der Waals surface area contributed by atoms with E-state index in [2.05, 4.69) is 5.16 Å². The van der Waals surface area contributed by atoms with Crippen molar-refractivity contribution in [1.82, 2.24) is 0 Å². The molecule has 0 atom stereocenters. The van der Waals surface area contributed by atoms with Gasteiger partial charge in [-0.25, -0.2) is 0 Å². The molecule has 1 aromatic rings. The lowest BCUT2D eigenvalue weighted by Gasteiger charge is -1.96. The van der Waals surface area contributed by atoms with E-state index < -0.39 is 15.9 Å². The number of nitro groups is 1. The monoisotopic (exact) mass is 228 g/mol. The van der Waals surface area contributed by atoms with Gasteiger partial charge in [0.05, 0.1) is 4.92 Å². The fourth-order valence-electron chi connectivity index (χ4n) is 0.899. The number of oxime groups is 1. The predicted octanol–water partition coefficient (Wildman–Crippen LogP) is 1.80. The van der Waals surface area contributed by atoms with Crippen molar-refractivity contribution in [2.24, 2.45) is 5.16 Å². The number of nitro benzene ring substituents is 1. The normalized spacial score (nSPS) is 11.1. The molecule has 0 bridgehead atoms. The molecule has 1 aromatic carbocycles. The molecule has 7 heteroatoms. The van der Waals surface area contributed by atoms with Crippen LogP contribution in [0.4, 0.5) is 5.69 Å². The number of hydrogen-bond donors (Lipinski definition) is 1. The molecular formula is C8H5ClN2O4. The van der Waals surface area contributed by atoms with E-state index >= 15 is 0 Å². The summed E-state index contributed by atoms with van der Waals surface area (Å²) in [4.78, 5) is 21.0. The summed E-state index contributed by atoms with van der Waals surface area (Å²) in [6.07, 6.45) is 0. The first-order valence-corrected chi connectivity index (χ1v) is 4.10. The van der Waals surface area contributed by atoms with Gasteiger partial charge in [-0.05, 0) is 12.1 Å². The average molecular weight is 229 g/mol. The lowest BCUT2D eigenvalue weighted by molar-refractivity contribution is -0.384. The van der Waals surface area contributed by atoms with Crippen LogP contribution in [0.15, 0.2) is 29.4 Å². The summed E-state index contributed by atoms with van der Waals surface area (Å²) < 4.78 is 0. The SMILES string of the molecule is O=C(/C(Cl)=N/O)c1ccc([N+](=O)[O-])cc1. The third-order valence-corrected chi connectivity index (χ3v) is 1.86. The van der Waals surface area contributed by atoms with Gasteiger partial charge >= 0.3 is 0 Å². The summed E-state index contributed by atoms with van der Waals surface area (Å²) in [5, 5.41) is 20.5. The number of halogens is 1. The zero-order valence-electron chi connectivity index (χ0n) is 7.25. The van der Waals surface area contributed by atoms with Crippen LogP contribution in [-0.2, 0) is 0 Å². The molecule has 0 amide bonds. The van der Waals surface area contributed by atoms with Crippen molar-refractivity contribution in [3.63, 3.8) is 0 Å². The Kier molecular flexibility index (Phi) is 3.35. The van der Waals surface area contributed by atoms with Crippen LogP contribution in [0.1, 0.15) is 10.4 Å². The number of nitrogens with zero attached hydrogens (tertiary/aromatic N) is 2. The number of benzene rings is 1. The topological polar surface area (TPSA) is 92.8 Å². The highest BCUT2D eigenvalue weighted by Gasteiger charge is 2.13. The molecule has 0 aliphatic carbocycles. The van der Waals surface area contributed by atoms with Crippen molar-refractivity contribution >= 4 is 28.2 Å². The van der Waals surface area contributed by atoms with Crippen molar-refractivity contribution in [1.29, 1.82) is 0 Å². The summed E-state index contributed by atoms with van der Waals surface area (Å²) in [5.41, 5.74) is -0.0213. The van der Waals surface area contributed by atoms with Crippen molar-refractivity contribution in [3.05, 3.63) is 39.9 Å². The molecule has 0 radical (unpaired) electrons. The summed E-state index contributed by atoms with van der Waals surface area (Å²) in [5.74, 6) is -0.700. The van der Waals surface area contributed by atoms with E-state index in [0.717, 1.165) is 12.1 Å². The van der Waals surface area contributed by atoms with Gasteiger partial charge in [-0.3, -0.25) is 14.9 Å². The minimum absolute atomic E-state index is 0.114. The van der Waals surface area contributed by atoms with Crippen LogP contribution in [-0.4, -0.2) is 21.1 Å². The number of non-ortho nitro benzene ring substituents is 1. The maximum absolute atomic E-state index is 11.3. The Morgan fingerprint density at radius 3 is 2.33 bits per heavy atom. The number of Topliss-reactive ketones (excluding diaryl/α,β-unsaturated/α-hetero) is 1. The van der Waals surface area contributed by atoms with Gasteiger partial charge in [0.15, 0.2) is 0 Å². The van der Waals surface area contributed by atoms with Crippen molar-refractivity contribution in [3.8, 4) is 0 Å². The highest BCUT2D eigenvalue weighted by molar-refractivity contribution is 6.84. The number of rotatable bonds is 3. The fourth-order valence-corrected chi connectivity index (χ4v) is 1.01. The van der Waals surface area contributed by atoms with Gasteiger partial charge < -0.3 is 5.21 Å². The lowest BCUT2D eigenvalue weighted by atomic mass is 10.1.